The number of nitrogens with one attached hydrogen (secondary N) is 2. The predicted molar refractivity (Wildman–Crippen MR) is 62.8 cm³/mol. The third-order valence-corrected chi connectivity index (χ3v) is 3.27. The van der Waals surface area contributed by atoms with Crippen molar-refractivity contribution < 1.29 is 18.0 Å². The predicted octanol–water partition coefficient (Wildman–Crippen LogP) is 0.405. The maximum atomic E-state index is 11.9. The number of carbonyl (C=O) groups is 1. The van der Waals surface area contributed by atoms with E-state index in [9.17, 15) is 18.0 Å². The summed E-state index contributed by atoms with van der Waals surface area (Å²) < 4.78 is 37.2. The number of amides is 1. The molecule has 0 unspecified atom stereocenters. The highest BCUT2D eigenvalue weighted by atomic mass is 32.2. The molecule has 10 heteroatoms. The summed E-state index contributed by atoms with van der Waals surface area (Å²) in [4.78, 5) is 11.6. The molecule has 6 nitrogen and oxygen atoms in total. The van der Waals surface area contributed by atoms with Crippen molar-refractivity contribution in [3.8, 4) is 0 Å². The Kier molecular flexibility index (Phi) is 4.30. The van der Waals surface area contributed by atoms with Gasteiger partial charge >= 0.3 is 5.51 Å². The van der Waals surface area contributed by atoms with Crippen molar-refractivity contribution in [2.45, 2.75) is 11.6 Å². The van der Waals surface area contributed by atoms with Crippen molar-refractivity contribution in [2.24, 2.45) is 0 Å². The second-order valence-corrected chi connectivity index (χ2v) is 5.11. The molecule has 1 aliphatic rings. The quantitative estimate of drug-likeness (QED) is 0.770. The fourth-order valence-corrected chi connectivity index (χ4v) is 1.88. The van der Waals surface area contributed by atoms with E-state index in [1.165, 1.54) is 6.20 Å². The summed E-state index contributed by atoms with van der Waals surface area (Å²) in [6.07, 6.45) is 1.50. The molecule has 1 aromatic rings. The lowest BCUT2D eigenvalue weighted by atomic mass is 10.2. The number of aromatic nitrogens is 3. The first-order valence-corrected chi connectivity index (χ1v) is 6.56. The first-order valence-electron chi connectivity index (χ1n) is 5.57. The normalized spacial score (nSPS) is 16.2. The Balaban J connectivity index is 1.75. The molecule has 1 fully saturated rings. The van der Waals surface area contributed by atoms with E-state index in [2.05, 4.69) is 20.9 Å². The highest BCUT2D eigenvalue weighted by molar-refractivity contribution is 8.00. The minimum absolute atomic E-state index is 0.0686. The zero-order valence-electron chi connectivity index (χ0n) is 9.78. The molecule has 1 amide bonds. The van der Waals surface area contributed by atoms with Crippen LogP contribution in [0.15, 0.2) is 6.20 Å². The number of hydrogen-bond acceptors (Lipinski definition) is 5. The molecule has 0 aromatic carbocycles. The molecule has 0 atom stereocenters. The number of halogens is 3. The Morgan fingerprint density at radius 3 is 2.89 bits per heavy atom. The van der Waals surface area contributed by atoms with Gasteiger partial charge in [0.25, 0.3) is 5.91 Å². The van der Waals surface area contributed by atoms with E-state index in [0.29, 0.717) is 0 Å². The van der Waals surface area contributed by atoms with Gasteiger partial charge in [-0.25, -0.2) is 4.68 Å². The van der Waals surface area contributed by atoms with Gasteiger partial charge in [-0.05, 0) is 11.8 Å². The Morgan fingerprint density at radius 2 is 2.32 bits per heavy atom. The first kappa shape index (κ1) is 14.1. The second kappa shape index (κ2) is 5.78. The lowest BCUT2D eigenvalue weighted by Gasteiger charge is -2.26. The van der Waals surface area contributed by atoms with E-state index in [-0.39, 0.29) is 35.8 Å². The van der Waals surface area contributed by atoms with Gasteiger partial charge in [-0.2, -0.15) is 13.2 Å². The standard InChI is InChI=1S/C9H12F3N5OS/c10-9(11,12)19-2-1-14-8(18)7-5-17(16-15-7)6-3-13-4-6/h5-6,13H,1-4H2,(H,14,18). The van der Waals surface area contributed by atoms with Crippen LogP contribution in [0.2, 0.25) is 0 Å². The summed E-state index contributed by atoms with van der Waals surface area (Å²) >= 11 is -0.171. The molecular formula is C9H12F3N5OS. The second-order valence-electron chi connectivity index (χ2n) is 3.95. The smallest absolute Gasteiger partial charge is 0.350 e. The number of hydrogen-bond donors (Lipinski definition) is 2. The lowest BCUT2D eigenvalue weighted by molar-refractivity contribution is -0.0327. The summed E-state index contributed by atoms with van der Waals surface area (Å²) in [7, 11) is 0. The summed E-state index contributed by atoms with van der Waals surface area (Å²) in [5.41, 5.74) is -4.16. The Morgan fingerprint density at radius 1 is 1.58 bits per heavy atom. The van der Waals surface area contributed by atoms with Crippen molar-refractivity contribution in [1.82, 2.24) is 25.6 Å². The minimum atomic E-state index is -4.27. The van der Waals surface area contributed by atoms with Crippen LogP contribution in [0.4, 0.5) is 13.2 Å². The average Bonchev–Trinajstić information content (AvgIpc) is 2.69. The van der Waals surface area contributed by atoms with Gasteiger partial charge in [0.2, 0.25) is 0 Å². The molecule has 1 aliphatic heterocycles. The molecule has 0 bridgehead atoms. The van der Waals surface area contributed by atoms with E-state index in [1.54, 1.807) is 4.68 Å². The van der Waals surface area contributed by atoms with Crippen molar-refractivity contribution in [3.63, 3.8) is 0 Å². The molecule has 1 aromatic heterocycles. The molecule has 2 N–H and O–H groups in total. The number of alkyl halides is 3. The zero-order chi connectivity index (χ0) is 13.9. The molecule has 0 radical (unpaired) electrons. The van der Waals surface area contributed by atoms with Crippen LogP contribution in [0, 0.1) is 0 Å². The van der Waals surface area contributed by atoms with Crippen LogP contribution < -0.4 is 10.6 Å². The van der Waals surface area contributed by atoms with Gasteiger partial charge in [0.15, 0.2) is 5.69 Å². The van der Waals surface area contributed by atoms with Crippen LogP contribution in [-0.4, -0.2) is 51.8 Å². The summed E-state index contributed by atoms with van der Waals surface area (Å²) in [5, 5.41) is 12.9. The van der Waals surface area contributed by atoms with E-state index in [4.69, 9.17) is 0 Å². The summed E-state index contributed by atoms with van der Waals surface area (Å²) in [6, 6.07) is 0.190. The number of carbonyl (C=O) groups excluding carboxylic acids is 1. The topological polar surface area (TPSA) is 71.8 Å². The summed E-state index contributed by atoms with van der Waals surface area (Å²) in [6.45, 7) is 1.47. The molecular weight excluding hydrogens is 283 g/mol. The van der Waals surface area contributed by atoms with Gasteiger partial charge in [-0.1, -0.05) is 5.21 Å². The van der Waals surface area contributed by atoms with Crippen LogP contribution >= 0.6 is 11.8 Å². The monoisotopic (exact) mass is 295 g/mol. The molecule has 106 valence electrons. The van der Waals surface area contributed by atoms with Gasteiger partial charge in [0.1, 0.15) is 0 Å². The van der Waals surface area contributed by atoms with Crippen LogP contribution in [0.3, 0.4) is 0 Å². The van der Waals surface area contributed by atoms with Gasteiger partial charge in [0.05, 0.1) is 12.2 Å². The van der Waals surface area contributed by atoms with E-state index in [0.717, 1.165) is 13.1 Å². The molecule has 2 heterocycles. The molecule has 2 rings (SSSR count). The fourth-order valence-electron chi connectivity index (χ4n) is 1.44. The highest BCUT2D eigenvalue weighted by Gasteiger charge is 2.27. The molecule has 0 aliphatic carbocycles. The van der Waals surface area contributed by atoms with Crippen LogP contribution in [0.1, 0.15) is 16.5 Å². The molecule has 19 heavy (non-hydrogen) atoms. The number of thioether (sulfide) groups is 1. The SMILES string of the molecule is O=C(NCCSC(F)(F)F)c1cn(C2CNC2)nn1. The first-order chi connectivity index (χ1) is 8.96. The van der Waals surface area contributed by atoms with Crippen molar-refractivity contribution in [1.29, 1.82) is 0 Å². The Hall–Kier alpha value is -1.29. The Labute approximate surface area is 111 Å². The van der Waals surface area contributed by atoms with E-state index in [1.807, 2.05) is 0 Å². The largest absolute Gasteiger partial charge is 0.441 e. The van der Waals surface area contributed by atoms with E-state index < -0.39 is 11.4 Å². The fraction of sp³-hybridized carbons (Fsp3) is 0.667. The number of rotatable bonds is 5. The zero-order valence-corrected chi connectivity index (χ0v) is 10.6. The minimum Gasteiger partial charge on any atom is -0.350 e. The van der Waals surface area contributed by atoms with Crippen molar-refractivity contribution >= 4 is 17.7 Å². The number of nitrogens with zero attached hydrogens (tertiary/aromatic N) is 3. The van der Waals surface area contributed by atoms with Gasteiger partial charge in [-0.3, -0.25) is 4.79 Å². The van der Waals surface area contributed by atoms with Crippen LogP contribution in [-0.2, 0) is 0 Å². The third kappa shape index (κ3) is 4.10. The van der Waals surface area contributed by atoms with Crippen LogP contribution in [0.5, 0.6) is 0 Å². The Bertz CT molecular complexity index is 445. The van der Waals surface area contributed by atoms with Gasteiger partial charge < -0.3 is 10.6 Å². The summed E-state index contributed by atoms with van der Waals surface area (Å²) in [5.74, 6) is -0.739. The van der Waals surface area contributed by atoms with Gasteiger partial charge in [0, 0.05) is 25.4 Å². The van der Waals surface area contributed by atoms with Crippen molar-refractivity contribution in [2.75, 3.05) is 25.4 Å². The average molecular weight is 295 g/mol. The molecule has 1 saturated heterocycles. The third-order valence-electron chi connectivity index (χ3n) is 2.53. The van der Waals surface area contributed by atoms with E-state index >= 15 is 0 Å². The maximum absolute atomic E-state index is 11.9. The highest BCUT2D eigenvalue weighted by Crippen LogP contribution is 2.29. The maximum Gasteiger partial charge on any atom is 0.441 e. The lowest BCUT2D eigenvalue weighted by Crippen LogP contribution is -2.43. The van der Waals surface area contributed by atoms with Crippen molar-refractivity contribution in [3.05, 3.63) is 11.9 Å². The molecule has 0 saturated carbocycles. The van der Waals surface area contributed by atoms with Gasteiger partial charge in [-0.15, -0.1) is 5.10 Å². The molecule has 0 spiro atoms. The van der Waals surface area contributed by atoms with Crippen LogP contribution in [0.25, 0.3) is 0 Å².